The van der Waals surface area contributed by atoms with Gasteiger partial charge in [0.15, 0.2) is 11.4 Å². The van der Waals surface area contributed by atoms with Crippen LogP contribution in [0.4, 0.5) is 18.9 Å². The van der Waals surface area contributed by atoms with Gasteiger partial charge in [-0.15, -0.1) is 0 Å². The van der Waals surface area contributed by atoms with E-state index in [1.807, 2.05) is 0 Å². The number of hydrogen-bond acceptors (Lipinski definition) is 5. The van der Waals surface area contributed by atoms with Crippen molar-refractivity contribution < 1.29 is 27.5 Å². The van der Waals surface area contributed by atoms with Gasteiger partial charge in [-0.2, -0.15) is 23.4 Å². The minimum atomic E-state index is -4.58. The summed E-state index contributed by atoms with van der Waals surface area (Å²) >= 11 is 0. The Hall–Kier alpha value is -2.85. The van der Waals surface area contributed by atoms with E-state index in [1.165, 1.54) is 18.0 Å². The molecule has 1 saturated carbocycles. The largest absolute Gasteiger partial charge is 0.464 e. The van der Waals surface area contributed by atoms with E-state index in [0.717, 1.165) is 23.6 Å². The highest BCUT2D eigenvalue weighted by Gasteiger charge is 2.38. The first-order chi connectivity index (χ1) is 12.7. The van der Waals surface area contributed by atoms with Gasteiger partial charge in [-0.05, 0) is 25.8 Å². The van der Waals surface area contributed by atoms with E-state index >= 15 is 0 Å². The lowest BCUT2D eigenvalue weighted by atomic mass is 10.2. The van der Waals surface area contributed by atoms with E-state index in [1.54, 1.807) is 6.92 Å². The number of ether oxygens (including phenoxy) is 1. The highest BCUT2D eigenvalue weighted by atomic mass is 19.4. The molecule has 0 radical (unpaired) electrons. The van der Waals surface area contributed by atoms with Crippen LogP contribution in [-0.2, 0) is 28.8 Å². The maximum atomic E-state index is 12.9. The van der Waals surface area contributed by atoms with Gasteiger partial charge in [0.2, 0.25) is 5.91 Å². The lowest BCUT2D eigenvalue weighted by Gasteiger charge is -2.08. The normalized spacial score (nSPS) is 14.3. The molecular formula is C16H18F3N5O3. The van der Waals surface area contributed by atoms with Crippen LogP contribution in [0.25, 0.3) is 0 Å². The van der Waals surface area contributed by atoms with Gasteiger partial charge in [0, 0.05) is 24.4 Å². The summed E-state index contributed by atoms with van der Waals surface area (Å²) in [5.41, 5.74) is -0.586. The number of esters is 1. The van der Waals surface area contributed by atoms with E-state index in [0.29, 0.717) is 12.2 Å². The molecule has 3 rings (SSSR count). The Morgan fingerprint density at radius 3 is 2.59 bits per heavy atom. The van der Waals surface area contributed by atoms with Crippen molar-refractivity contribution in [3.63, 3.8) is 0 Å². The summed E-state index contributed by atoms with van der Waals surface area (Å²) in [4.78, 5) is 24.1. The third-order valence-corrected chi connectivity index (χ3v) is 4.13. The molecule has 0 saturated heterocycles. The Labute approximate surface area is 152 Å². The number of nitrogens with zero attached hydrogens (tertiary/aromatic N) is 4. The second kappa shape index (κ2) is 7.05. The fourth-order valence-corrected chi connectivity index (χ4v) is 2.65. The average Bonchev–Trinajstić information content (AvgIpc) is 3.23. The van der Waals surface area contributed by atoms with Crippen LogP contribution in [0.15, 0.2) is 12.3 Å². The summed E-state index contributed by atoms with van der Waals surface area (Å²) < 4.78 is 45.9. The lowest BCUT2D eigenvalue weighted by molar-refractivity contribution is -0.141. The van der Waals surface area contributed by atoms with Crippen molar-refractivity contribution in [2.24, 2.45) is 0 Å². The van der Waals surface area contributed by atoms with Crippen LogP contribution in [0.5, 0.6) is 0 Å². The highest BCUT2D eigenvalue weighted by molar-refractivity contribution is 5.99. The van der Waals surface area contributed by atoms with Crippen LogP contribution < -0.4 is 5.32 Å². The van der Waals surface area contributed by atoms with E-state index in [9.17, 15) is 22.8 Å². The molecule has 1 aliphatic carbocycles. The van der Waals surface area contributed by atoms with Crippen molar-refractivity contribution in [3.05, 3.63) is 29.3 Å². The van der Waals surface area contributed by atoms with Gasteiger partial charge in [0.25, 0.3) is 0 Å². The van der Waals surface area contributed by atoms with Crippen molar-refractivity contribution in [2.75, 3.05) is 12.4 Å². The number of anilines is 1. The molecule has 0 bridgehead atoms. The summed E-state index contributed by atoms with van der Waals surface area (Å²) in [6, 6.07) is 0.986. The summed E-state index contributed by atoms with van der Waals surface area (Å²) in [6.45, 7) is 1.85. The zero-order valence-electron chi connectivity index (χ0n) is 14.7. The van der Waals surface area contributed by atoms with Crippen molar-refractivity contribution >= 4 is 17.6 Å². The third-order valence-electron chi connectivity index (χ3n) is 4.13. The van der Waals surface area contributed by atoms with Crippen LogP contribution in [0.2, 0.25) is 0 Å². The molecule has 2 aromatic rings. The molecule has 1 fully saturated rings. The van der Waals surface area contributed by atoms with Crippen molar-refractivity contribution in [2.45, 2.75) is 44.9 Å². The maximum Gasteiger partial charge on any atom is 0.435 e. The first-order valence-electron chi connectivity index (χ1n) is 8.33. The monoisotopic (exact) mass is 385 g/mol. The lowest BCUT2D eigenvalue weighted by Crippen LogP contribution is -2.22. The molecule has 0 unspecified atom stereocenters. The predicted octanol–water partition coefficient (Wildman–Crippen LogP) is 2.42. The summed E-state index contributed by atoms with van der Waals surface area (Å²) in [5, 5.41) is 10.0. The van der Waals surface area contributed by atoms with Gasteiger partial charge in [0.05, 0.1) is 12.8 Å². The number of aromatic nitrogens is 4. The number of hydrogen-bond donors (Lipinski definition) is 1. The van der Waals surface area contributed by atoms with E-state index in [2.05, 4.69) is 20.3 Å². The molecule has 0 aliphatic heterocycles. The van der Waals surface area contributed by atoms with E-state index in [4.69, 9.17) is 0 Å². The second-order valence-electron chi connectivity index (χ2n) is 6.17. The Bertz CT molecular complexity index is 867. The number of nitrogens with one attached hydrogen (secondary N) is 1. The van der Waals surface area contributed by atoms with Gasteiger partial charge < -0.3 is 10.1 Å². The Balaban J connectivity index is 1.80. The van der Waals surface area contributed by atoms with Crippen LogP contribution in [-0.4, -0.2) is 38.5 Å². The number of aryl methyl sites for hydroxylation is 1. The molecule has 1 amide bonds. The van der Waals surface area contributed by atoms with Crippen molar-refractivity contribution in [1.29, 1.82) is 0 Å². The number of alkyl halides is 3. The maximum absolute atomic E-state index is 12.9. The number of carbonyl (C=O) groups is 2. The third kappa shape index (κ3) is 4.12. The van der Waals surface area contributed by atoms with Crippen molar-refractivity contribution in [1.82, 2.24) is 19.6 Å². The Kier molecular flexibility index (Phi) is 4.94. The van der Waals surface area contributed by atoms with Crippen LogP contribution in [0.1, 0.15) is 47.6 Å². The van der Waals surface area contributed by atoms with E-state index < -0.39 is 30.3 Å². The number of methoxy groups -OCH3 is 1. The predicted molar refractivity (Wildman–Crippen MR) is 87.1 cm³/mol. The van der Waals surface area contributed by atoms with Crippen molar-refractivity contribution in [3.8, 4) is 0 Å². The van der Waals surface area contributed by atoms with Gasteiger partial charge in [-0.3, -0.25) is 14.2 Å². The second-order valence-corrected chi connectivity index (χ2v) is 6.17. The van der Waals surface area contributed by atoms with Crippen LogP contribution in [0.3, 0.4) is 0 Å². The Morgan fingerprint density at radius 1 is 1.33 bits per heavy atom. The SMILES string of the molecule is CCn1cc(NC(=O)Cn2nc(C(F)(F)F)cc2C2CC2)c(C(=O)OC)n1. The molecule has 1 N–H and O–H groups in total. The van der Waals surface area contributed by atoms with Gasteiger partial charge in [0.1, 0.15) is 6.54 Å². The minimum Gasteiger partial charge on any atom is -0.464 e. The zero-order valence-corrected chi connectivity index (χ0v) is 14.7. The number of halogens is 3. The summed E-state index contributed by atoms with van der Waals surface area (Å²) in [7, 11) is 1.18. The number of rotatable bonds is 6. The molecule has 2 aromatic heterocycles. The molecular weight excluding hydrogens is 367 g/mol. The Morgan fingerprint density at radius 2 is 2.04 bits per heavy atom. The zero-order chi connectivity index (χ0) is 19.8. The number of carbonyl (C=O) groups excluding carboxylic acids is 2. The fourth-order valence-electron chi connectivity index (χ4n) is 2.65. The standard InChI is InChI=1S/C16H18F3N5O3/c1-3-23-7-10(14(22-23)15(26)27-2)20-13(25)8-24-11(9-4-5-9)6-12(21-24)16(17,18)19/h6-7,9H,3-5,8H2,1-2H3,(H,20,25). The molecule has 1 aliphatic rings. The van der Waals surface area contributed by atoms with Gasteiger partial charge >= 0.3 is 12.1 Å². The smallest absolute Gasteiger partial charge is 0.435 e. The molecule has 0 atom stereocenters. The molecule has 146 valence electrons. The van der Waals surface area contributed by atoms with Gasteiger partial charge in [-0.1, -0.05) is 0 Å². The fraction of sp³-hybridized carbons (Fsp3) is 0.500. The molecule has 0 spiro atoms. The first-order valence-corrected chi connectivity index (χ1v) is 8.33. The molecule has 27 heavy (non-hydrogen) atoms. The average molecular weight is 385 g/mol. The van der Waals surface area contributed by atoms with Gasteiger partial charge in [-0.25, -0.2) is 4.79 Å². The highest BCUT2D eigenvalue weighted by Crippen LogP contribution is 2.42. The molecule has 11 heteroatoms. The molecule has 0 aromatic carbocycles. The minimum absolute atomic E-state index is 0.0186. The molecule has 8 nitrogen and oxygen atoms in total. The quantitative estimate of drug-likeness (QED) is 0.772. The van der Waals surface area contributed by atoms with Crippen LogP contribution >= 0.6 is 0 Å². The van der Waals surface area contributed by atoms with E-state index in [-0.39, 0.29) is 17.3 Å². The number of amides is 1. The van der Waals surface area contributed by atoms with Crippen LogP contribution in [0, 0.1) is 0 Å². The topological polar surface area (TPSA) is 91.0 Å². The first kappa shape index (κ1) is 18.9. The molecule has 2 heterocycles. The summed E-state index contributed by atoms with van der Waals surface area (Å²) in [5.74, 6) is -1.36. The summed E-state index contributed by atoms with van der Waals surface area (Å²) in [6.07, 6.45) is -1.59.